The Morgan fingerprint density at radius 1 is 1.27 bits per heavy atom. The van der Waals surface area contributed by atoms with Gasteiger partial charge in [-0.3, -0.25) is 4.79 Å². The van der Waals surface area contributed by atoms with Gasteiger partial charge in [0.1, 0.15) is 0 Å². The van der Waals surface area contributed by atoms with E-state index < -0.39 is 17.5 Å². The summed E-state index contributed by atoms with van der Waals surface area (Å²) < 4.78 is 0. The van der Waals surface area contributed by atoms with Crippen LogP contribution in [0, 0.1) is 0 Å². The SMILES string of the molecule is CC(=O)N(C(=O)O)C(C)(C)C. The zero-order chi connectivity index (χ0) is 9.23. The summed E-state index contributed by atoms with van der Waals surface area (Å²) >= 11 is 0. The number of nitrogens with zero attached hydrogens (tertiary/aromatic N) is 1. The van der Waals surface area contributed by atoms with Gasteiger partial charge in [-0.05, 0) is 20.8 Å². The van der Waals surface area contributed by atoms with E-state index in [1.165, 1.54) is 6.92 Å². The number of imide groups is 1. The first kappa shape index (κ1) is 9.94. The second kappa shape index (κ2) is 2.90. The Balaban J connectivity index is 4.63. The van der Waals surface area contributed by atoms with Crippen molar-refractivity contribution >= 4 is 12.0 Å². The molecule has 0 aliphatic carbocycles. The molecule has 0 saturated carbocycles. The highest BCUT2D eigenvalue weighted by atomic mass is 16.4. The molecule has 4 heteroatoms. The van der Waals surface area contributed by atoms with Crippen LogP contribution in [-0.2, 0) is 4.79 Å². The molecule has 64 valence electrons. The average molecular weight is 159 g/mol. The topological polar surface area (TPSA) is 57.6 Å². The lowest BCUT2D eigenvalue weighted by Crippen LogP contribution is -2.47. The number of rotatable bonds is 0. The summed E-state index contributed by atoms with van der Waals surface area (Å²) in [6, 6.07) is 0. The Morgan fingerprint density at radius 3 is 1.64 bits per heavy atom. The molecule has 0 aliphatic rings. The molecule has 0 rings (SSSR count). The first-order valence-corrected chi connectivity index (χ1v) is 3.30. The van der Waals surface area contributed by atoms with Crippen LogP contribution in [0.15, 0.2) is 0 Å². The van der Waals surface area contributed by atoms with Gasteiger partial charge in [0.25, 0.3) is 0 Å². The highest BCUT2D eigenvalue weighted by molar-refractivity contribution is 5.90. The molecule has 0 saturated heterocycles. The molecule has 0 radical (unpaired) electrons. The van der Waals surface area contributed by atoms with Crippen molar-refractivity contribution in [2.24, 2.45) is 0 Å². The number of carbonyl (C=O) groups excluding carboxylic acids is 1. The smallest absolute Gasteiger partial charge is 0.414 e. The zero-order valence-corrected chi connectivity index (χ0v) is 7.21. The summed E-state index contributed by atoms with van der Waals surface area (Å²) in [4.78, 5) is 22.1. The molecule has 0 aromatic heterocycles. The van der Waals surface area contributed by atoms with Gasteiger partial charge in [0, 0.05) is 12.5 Å². The minimum absolute atomic E-state index is 0.454. The fourth-order valence-corrected chi connectivity index (χ4v) is 0.894. The minimum atomic E-state index is -1.20. The van der Waals surface area contributed by atoms with Gasteiger partial charge in [-0.1, -0.05) is 0 Å². The van der Waals surface area contributed by atoms with E-state index in [0.717, 1.165) is 4.90 Å². The van der Waals surface area contributed by atoms with Crippen molar-refractivity contribution in [1.29, 1.82) is 0 Å². The number of carboxylic acid groups (broad SMARTS) is 1. The van der Waals surface area contributed by atoms with Gasteiger partial charge >= 0.3 is 6.09 Å². The molecule has 0 fully saturated rings. The van der Waals surface area contributed by atoms with Crippen LogP contribution in [0.3, 0.4) is 0 Å². The van der Waals surface area contributed by atoms with Crippen molar-refractivity contribution in [1.82, 2.24) is 4.90 Å². The monoisotopic (exact) mass is 159 g/mol. The predicted molar refractivity (Wildman–Crippen MR) is 40.3 cm³/mol. The van der Waals surface area contributed by atoms with Crippen LogP contribution in [0.1, 0.15) is 27.7 Å². The van der Waals surface area contributed by atoms with E-state index in [0.29, 0.717) is 0 Å². The van der Waals surface area contributed by atoms with E-state index >= 15 is 0 Å². The van der Waals surface area contributed by atoms with E-state index in [4.69, 9.17) is 5.11 Å². The summed E-state index contributed by atoms with van der Waals surface area (Å²) in [5, 5.41) is 8.58. The van der Waals surface area contributed by atoms with E-state index in [9.17, 15) is 9.59 Å². The lowest BCUT2D eigenvalue weighted by molar-refractivity contribution is -0.130. The van der Waals surface area contributed by atoms with Gasteiger partial charge < -0.3 is 5.11 Å². The number of carbonyl (C=O) groups is 2. The van der Waals surface area contributed by atoms with Gasteiger partial charge in [0.15, 0.2) is 0 Å². The third-order valence-electron chi connectivity index (χ3n) is 1.18. The van der Waals surface area contributed by atoms with Crippen LogP contribution in [0.2, 0.25) is 0 Å². The largest absolute Gasteiger partial charge is 0.465 e. The molecule has 2 amide bonds. The van der Waals surface area contributed by atoms with Crippen molar-refractivity contribution in [3.05, 3.63) is 0 Å². The van der Waals surface area contributed by atoms with Gasteiger partial charge in [0.2, 0.25) is 5.91 Å². The average Bonchev–Trinajstić information content (AvgIpc) is 1.54. The Kier molecular flexibility index (Phi) is 2.62. The summed E-state index contributed by atoms with van der Waals surface area (Å²) in [6.07, 6.45) is -1.20. The van der Waals surface area contributed by atoms with Crippen LogP contribution >= 0.6 is 0 Å². The first-order chi connectivity index (χ1) is 4.76. The fourth-order valence-electron chi connectivity index (χ4n) is 0.894. The molecule has 0 aromatic carbocycles. The lowest BCUT2D eigenvalue weighted by Gasteiger charge is -2.29. The normalized spacial score (nSPS) is 10.9. The first-order valence-electron chi connectivity index (χ1n) is 3.30. The zero-order valence-electron chi connectivity index (χ0n) is 7.21. The molecule has 0 spiro atoms. The molecule has 1 N–H and O–H groups in total. The second-order valence-corrected chi connectivity index (χ2v) is 3.31. The number of amides is 2. The van der Waals surface area contributed by atoms with Gasteiger partial charge in [0.05, 0.1) is 0 Å². The highest BCUT2D eigenvalue weighted by Gasteiger charge is 2.29. The summed E-state index contributed by atoms with van der Waals surface area (Å²) in [6.45, 7) is 6.24. The van der Waals surface area contributed by atoms with Crippen molar-refractivity contribution in [3.8, 4) is 0 Å². The summed E-state index contributed by atoms with van der Waals surface area (Å²) in [7, 11) is 0. The standard InChI is InChI=1S/C7H13NO3/c1-5(9)8(6(10)11)7(2,3)4/h1-4H3,(H,10,11). The van der Waals surface area contributed by atoms with Crippen LogP contribution in [0.25, 0.3) is 0 Å². The van der Waals surface area contributed by atoms with Crippen LogP contribution in [0.5, 0.6) is 0 Å². The number of hydrogen-bond donors (Lipinski definition) is 1. The molecular formula is C7H13NO3. The van der Waals surface area contributed by atoms with E-state index in [1.54, 1.807) is 20.8 Å². The van der Waals surface area contributed by atoms with Gasteiger partial charge in [-0.15, -0.1) is 0 Å². The molecular weight excluding hydrogens is 146 g/mol. The van der Waals surface area contributed by atoms with E-state index in [1.807, 2.05) is 0 Å². The lowest BCUT2D eigenvalue weighted by atomic mass is 10.1. The molecule has 0 atom stereocenters. The van der Waals surface area contributed by atoms with Crippen molar-refractivity contribution in [3.63, 3.8) is 0 Å². The van der Waals surface area contributed by atoms with Crippen molar-refractivity contribution in [2.45, 2.75) is 33.2 Å². The molecule has 4 nitrogen and oxygen atoms in total. The molecule has 0 heterocycles. The highest BCUT2D eigenvalue weighted by Crippen LogP contribution is 2.12. The Morgan fingerprint density at radius 2 is 1.64 bits per heavy atom. The summed E-state index contributed by atoms with van der Waals surface area (Å²) in [5.41, 5.74) is -0.655. The molecule has 0 bridgehead atoms. The maximum Gasteiger partial charge on any atom is 0.414 e. The third kappa shape index (κ3) is 2.57. The Hall–Kier alpha value is -1.06. The van der Waals surface area contributed by atoms with Crippen LogP contribution < -0.4 is 0 Å². The summed E-state index contributed by atoms with van der Waals surface area (Å²) in [5.74, 6) is -0.454. The van der Waals surface area contributed by atoms with Gasteiger partial charge in [-0.25, -0.2) is 9.69 Å². The molecule has 0 unspecified atom stereocenters. The maximum absolute atomic E-state index is 10.8. The fraction of sp³-hybridized carbons (Fsp3) is 0.714. The van der Waals surface area contributed by atoms with Gasteiger partial charge in [-0.2, -0.15) is 0 Å². The van der Waals surface area contributed by atoms with Crippen molar-refractivity contribution < 1.29 is 14.7 Å². The third-order valence-corrected chi connectivity index (χ3v) is 1.18. The Bertz CT molecular complexity index is 167. The number of hydrogen-bond acceptors (Lipinski definition) is 2. The van der Waals surface area contributed by atoms with Crippen molar-refractivity contribution in [2.75, 3.05) is 0 Å². The molecule has 0 aromatic rings. The predicted octanol–water partition coefficient (Wildman–Crippen LogP) is 1.31. The van der Waals surface area contributed by atoms with E-state index in [2.05, 4.69) is 0 Å². The van der Waals surface area contributed by atoms with Crippen LogP contribution in [-0.4, -0.2) is 27.5 Å². The quantitative estimate of drug-likeness (QED) is 0.579. The van der Waals surface area contributed by atoms with E-state index in [-0.39, 0.29) is 0 Å². The molecule has 11 heavy (non-hydrogen) atoms. The minimum Gasteiger partial charge on any atom is -0.465 e. The van der Waals surface area contributed by atoms with Crippen LogP contribution in [0.4, 0.5) is 4.79 Å². The maximum atomic E-state index is 10.8. The second-order valence-electron chi connectivity index (χ2n) is 3.31. The Labute approximate surface area is 65.8 Å². The molecule has 0 aliphatic heterocycles.